The average Bonchev–Trinajstić information content (AvgIpc) is 3.45. The molecular weight excluding hydrogens is 632 g/mol. The average molecular weight is 668 g/mol. The van der Waals surface area contributed by atoms with Crippen molar-refractivity contribution in [3.8, 4) is 17.0 Å². The van der Waals surface area contributed by atoms with Crippen molar-refractivity contribution in [2.24, 2.45) is 5.73 Å². The summed E-state index contributed by atoms with van der Waals surface area (Å²) in [6, 6.07) is 9.38. The van der Waals surface area contributed by atoms with Crippen LogP contribution in [-0.4, -0.2) is 64.3 Å². The molecule has 1 aromatic heterocycles. The van der Waals surface area contributed by atoms with Crippen LogP contribution >= 0.6 is 0 Å². The highest BCUT2D eigenvalue weighted by molar-refractivity contribution is 5.98. The Bertz CT molecular complexity index is 1550. The normalized spacial score (nSPS) is 22.1. The lowest BCUT2D eigenvalue weighted by Gasteiger charge is -2.41. The molecule has 9 nitrogen and oxygen atoms in total. The zero-order valence-corrected chi connectivity index (χ0v) is 25.5. The molecule has 1 saturated carbocycles. The lowest BCUT2D eigenvalue weighted by molar-refractivity contribution is -0.143. The Morgan fingerprint density at radius 2 is 1.72 bits per heavy atom. The van der Waals surface area contributed by atoms with E-state index in [4.69, 9.17) is 15.2 Å². The van der Waals surface area contributed by atoms with Gasteiger partial charge in [-0.3, -0.25) is 4.79 Å². The van der Waals surface area contributed by atoms with Crippen LogP contribution in [0.2, 0.25) is 0 Å². The Hall–Kier alpha value is -4.27. The highest BCUT2D eigenvalue weighted by Gasteiger charge is 2.43. The maximum Gasteiger partial charge on any atom is 0.416 e. The Morgan fingerprint density at radius 1 is 1.04 bits per heavy atom. The first-order chi connectivity index (χ1) is 22.2. The molecular formula is C32H35F6N5O4. The zero-order valence-electron chi connectivity index (χ0n) is 25.5. The molecule has 5 rings (SSSR count). The molecule has 2 fully saturated rings. The fourth-order valence-electron chi connectivity index (χ4n) is 6.45. The van der Waals surface area contributed by atoms with E-state index in [2.05, 4.69) is 10.3 Å². The number of imidazole rings is 1. The predicted molar refractivity (Wildman–Crippen MR) is 158 cm³/mol. The van der Waals surface area contributed by atoms with E-state index < -0.39 is 52.9 Å². The van der Waals surface area contributed by atoms with Crippen LogP contribution in [0.4, 0.5) is 31.1 Å². The first-order valence-electron chi connectivity index (χ1n) is 15.2. The third kappa shape index (κ3) is 7.66. The quantitative estimate of drug-likeness (QED) is 0.268. The van der Waals surface area contributed by atoms with E-state index in [-0.39, 0.29) is 37.4 Å². The number of benzene rings is 2. The maximum atomic E-state index is 14.2. The smallest absolute Gasteiger partial charge is 0.416 e. The molecule has 2 heterocycles. The number of hydrogen-bond donors (Lipinski definition) is 2. The summed E-state index contributed by atoms with van der Waals surface area (Å²) in [5, 5.41) is 3.18. The fraction of sp³-hybridized carbons (Fsp3) is 0.469. The van der Waals surface area contributed by atoms with Crippen molar-refractivity contribution in [2.45, 2.75) is 69.1 Å². The summed E-state index contributed by atoms with van der Waals surface area (Å²) < 4.78 is 92.8. The van der Waals surface area contributed by atoms with Gasteiger partial charge in [0.05, 0.1) is 35.8 Å². The van der Waals surface area contributed by atoms with Gasteiger partial charge in [-0.2, -0.15) is 26.3 Å². The van der Waals surface area contributed by atoms with Crippen LogP contribution in [0.1, 0.15) is 66.7 Å². The number of carbonyl (C=O) groups is 2. The van der Waals surface area contributed by atoms with Gasteiger partial charge in [-0.15, -0.1) is 0 Å². The summed E-state index contributed by atoms with van der Waals surface area (Å²) in [5.74, 6) is -0.978. The fourth-order valence-corrected chi connectivity index (χ4v) is 6.45. The minimum atomic E-state index is -5.00. The molecule has 47 heavy (non-hydrogen) atoms. The molecule has 3 aromatic rings. The summed E-state index contributed by atoms with van der Waals surface area (Å²) >= 11 is 0. The molecule has 3 N–H and O–H groups in total. The number of aromatic nitrogens is 2. The van der Waals surface area contributed by atoms with Crippen LogP contribution in [0, 0.1) is 0 Å². The van der Waals surface area contributed by atoms with E-state index in [0.29, 0.717) is 49.3 Å². The highest BCUT2D eigenvalue weighted by atomic mass is 19.4. The molecule has 2 amide bonds. The minimum Gasteiger partial charge on any atom is -0.493 e. The second kappa shape index (κ2) is 13.5. The monoisotopic (exact) mass is 667 g/mol. The van der Waals surface area contributed by atoms with Gasteiger partial charge in [0.1, 0.15) is 11.4 Å². The molecule has 1 aliphatic heterocycles. The number of rotatable bonds is 8. The summed E-state index contributed by atoms with van der Waals surface area (Å²) in [6.45, 7) is 2.62. The number of amides is 2. The second-order valence-electron chi connectivity index (χ2n) is 11.9. The van der Waals surface area contributed by atoms with Gasteiger partial charge in [0.15, 0.2) is 5.69 Å². The van der Waals surface area contributed by atoms with Crippen molar-refractivity contribution in [3.05, 3.63) is 71.7 Å². The number of primary amides is 1. The van der Waals surface area contributed by atoms with Gasteiger partial charge >= 0.3 is 18.4 Å². The number of ether oxygens (including phenoxy) is 2. The van der Waals surface area contributed by atoms with Crippen LogP contribution in [-0.2, 0) is 17.1 Å². The van der Waals surface area contributed by atoms with Gasteiger partial charge in [-0.05, 0) is 44.4 Å². The molecule has 254 valence electrons. The molecule has 1 aliphatic carbocycles. The standard InChI is InChI=1S/C32H35F6N5O4/c1-30(47-29(39)45)11-6-5-9-25(30)43-19-41-26(27(43)20-7-3-2-4-8-20)28(44)42-13-12-40-18-23(42)10-14-46-24-16-21(31(33,34)35)15-22(17-24)32(36,37)38/h2-4,7-8,15-17,19,23,25,40H,5-6,9-14,18H2,1H3,(H2,39,45)/t23?,25-,30-/m0/s1. The predicted octanol–water partition coefficient (Wildman–Crippen LogP) is 6.44. The maximum absolute atomic E-state index is 14.2. The Balaban J connectivity index is 1.41. The number of carbonyl (C=O) groups excluding carboxylic acids is 2. The van der Waals surface area contributed by atoms with Gasteiger partial charge in [0.2, 0.25) is 0 Å². The largest absolute Gasteiger partial charge is 0.493 e. The van der Waals surface area contributed by atoms with E-state index in [1.807, 2.05) is 41.8 Å². The molecule has 0 bridgehead atoms. The second-order valence-corrected chi connectivity index (χ2v) is 11.9. The molecule has 0 spiro atoms. The number of nitrogens with two attached hydrogens (primary N) is 1. The van der Waals surface area contributed by atoms with Gasteiger partial charge < -0.3 is 30.0 Å². The van der Waals surface area contributed by atoms with Crippen molar-refractivity contribution >= 4 is 12.0 Å². The summed E-state index contributed by atoms with van der Waals surface area (Å²) in [5.41, 5.74) is 2.93. The number of piperazine rings is 1. The lowest BCUT2D eigenvalue weighted by atomic mass is 9.81. The van der Waals surface area contributed by atoms with Gasteiger partial charge in [0, 0.05) is 37.7 Å². The number of halogens is 6. The summed E-state index contributed by atoms with van der Waals surface area (Å²) in [7, 11) is 0. The van der Waals surface area contributed by atoms with Crippen molar-refractivity contribution in [2.75, 3.05) is 26.2 Å². The molecule has 1 unspecified atom stereocenters. The van der Waals surface area contributed by atoms with Crippen molar-refractivity contribution in [3.63, 3.8) is 0 Å². The van der Waals surface area contributed by atoms with Crippen LogP contribution in [0.25, 0.3) is 11.3 Å². The van der Waals surface area contributed by atoms with Crippen LogP contribution in [0.3, 0.4) is 0 Å². The number of alkyl halides is 6. The van der Waals surface area contributed by atoms with E-state index >= 15 is 0 Å². The van der Waals surface area contributed by atoms with Gasteiger partial charge in [0.25, 0.3) is 5.91 Å². The van der Waals surface area contributed by atoms with Crippen LogP contribution in [0.15, 0.2) is 54.9 Å². The highest BCUT2D eigenvalue weighted by Crippen LogP contribution is 2.43. The first kappa shape index (κ1) is 34.1. The molecule has 2 aliphatic rings. The van der Waals surface area contributed by atoms with E-state index in [0.717, 1.165) is 12.8 Å². The third-order valence-electron chi connectivity index (χ3n) is 8.71. The SMILES string of the molecule is C[C@]1(OC(N)=O)CCCC[C@@H]1n1cnc(C(=O)N2CCNCC2CCOc2cc(C(F)(F)F)cc(C(F)(F)F)c2)c1-c1ccccc1. The third-order valence-corrected chi connectivity index (χ3v) is 8.71. The number of hydrogen-bond acceptors (Lipinski definition) is 6. The number of nitrogens with one attached hydrogen (secondary N) is 1. The van der Waals surface area contributed by atoms with Crippen LogP contribution in [0.5, 0.6) is 5.75 Å². The molecule has 2 aromatic carbocycles. The molecule has 3 atom stereocenters. The Morgan fingerprint density at radius 3 is 2.36 bits per heavy atom. The number of nitrogens with zero attached hydrogens (tertiary/aromatic N) is 3. The van der Waals surface area contributed by atoms with E-state index in [1.165, 1.54) is 0 Å². The van der Waals surface area contributed by atoms with Crippen LogP contribution < -0.4 is 15.8 Å². The molecule has 1 saturated heterocycles. The van der Waals surface area contributed by atoms with E-state index in [9.17, 15) is 35.9 Å². The lowest BCUT2D eigenvalue weighted by Crippen LogP contribution is -2.54. The van der Waals surface area contributed by atoms with Crippen molar-refractivity contribution in [1.82, 2.24) is 19.8 Å². The topological polar surface area (TPSA) is 112 Å². The van der Waals surface area contributed by atoms with Crippen molar-refractivity contribution < 1.29 is 45.4 Å². The van der Waals surface area contributed by atoms with Gasteiger partial charge in [-0.1, -0.05) is 36.8 Å². The first-order valence-corrected chi connectivity index (χ1v) is 15.2. The summed E-state index contributed by atoms with van der Waals surface area (Å²) in [4.78, 5) is 32.2. The zero-order chi connectivity index (χ0) is 34.0. The van der Waals surface area contributed by atoms with Gasteiger partial charge in [-0.25, -0.2) is 9.78 Å². The Kier molecular flexibility index (Phi) is 9.75. The van der Waals surface area contributed by atoms with Crippen molar-refractivity contribution in [1.29, 1.82) is 0 Å². The Labute approximate surface area is 267 Å². The van der Waals surface area contributed by atoms with E-state index in [1.54, 1.807) is 11.2 Å². The molecule has 0 radical (unpaired) electrons. The molecule has 15 heteroatoms. The minimum absolute atomic E-state index is 0.0394. The summed E-state index contributed by atoms with van der Waals surface area (Å²) in [6.07, 6.45) is -6.35.